The highest BCUT2D eigenvalue weighted by molar-refractivity contribution is 5.89. The Hall–Kier alpha value is -1.31. The number of benzene rings is 1. The number of rotatable bonds is 3. The fraction of sp³-hybridized carbons (Fsp3) is 0.811. The maximum atomic E-state index is 13.1. The summed E-state index contributed by atoms with van der Waals surface area (Å²) in [6.07, 6.45) is 13.5. The summed E-state index contributed by atoms with van der Waals surface area (Å²) in [4.78, 5) is 13.1. The summed E-state index contributed by atoms with van der Waals surface area (Å²) in [5.41, 5.74) is 2.44. The molecule has 0 radical (unpaired) electrons. The zero-order valence-corrected chi connectivity index (χ0v) is 26.3. The first-order valence-electron chi connectivity index (χ1n) is 16.5. The molecule has 6 rings (SSSR count). The van der Waals surface area contributed by atoms with Gasteiger partial charge in [0.2, 0.25) is 0 Å². The fourth-order valence-corrected chi connectivity index (χ4v) is 12.7. The predicted octanol–water partition coefficient (Wildman–Crippen LogP) is 9.97. The Balaban J connectivity index is 1.28. The van der Waals surface area contributed by atoms with Gasteiger partial charge < -0.3 is 4.74 Å². The topological polar surface area (TPSA) is 26.3 Å². The van der Waals surface area contributed by atoms with Gasteiger partial charge in [0.25, 0.3) is 0 Å². The molecular formula is C37H56O2. The first-order valence-corrected chi connectivity index (χ1v) is 16.5. The Kier molecular flexibility index (Phi) is 6.49. The van der Waals surface area contributed by atoms with E-state index in [1.54, 1.807) is 0 Å². The van der Waals surface area contributed by atoms with Gasteiger partial charge in [0, 0.05) is 5.41 Å². The normalized spacial score (nSPS) is 48.4. The van der Waals surface area contributed by atoms with Crippen LogP contribution in [0.3, 0.4) is 0 Å². The average molecular weight is 533 g/mol. The molecule has 216 valence electrons. The summed E-state index contributed by atoms with van der Waals surface area (Å²) in [5, 5.41) is 0. The van der Waals surface area contributed by atoms with Crippen LogP contribution >= 0.6 is 0 Å². The lowest BCUT2D eigenvalue weighted by atomic mass is 9.32. The van der Waals surface area contributed by atoms with Crippen LogP contribution in [0.4, 0.5) is 0 Å². The van der Waals surface area contributed by atoms with Crippen LogP contribution in [0.25, 0.3) is 0 Å². The Morgan fingerprint density at radius 2 is 1.49 bits per heavy atom. The summed E-state index contributed by atoms with van der Waals surface area (Å²) < 4.78 is 6.31. The monoisotopic (exact) mass is 532 g/mol. The number of esters is 1. The van der Waals surface area contributed by atoms with E-state index >= 15 is 0 Å². The lowest BCUT2D eigenvalue weighted by Gasteiger charge is -2.73. The Morgan fingerprint density at radius 1 is 0.769 bits per heavy atom. The van der Waals surface area contributed by atoms with E-state index in [-0.39, 0.29) is 17.5 Å². The van der Waals surface area contributed by atoms with Gasteiger partial charge in [0.1, 0.15) is 6.10 Å². The largest absolute Gasteiger partial charge is 0.458 e. The van der Waals surface area contributed by atoms with Crippen LogP contribution in [0.15, 0.2) is 30.3 Å². The molecule has 5 fully saturated rings. The Bertz CT molecular complexity index is 1090. The molecule has 0 aromatic heterocycles. The van der Waals surface area contributed by atoms with E-state index in [2.05, 4.69) is 55.4 Å². The van der Waals surface area contributed by atoms with Crippen molar-refractivity contribution in [2.45, 2.75) is 126 Å². The molecule has 6 unspecified atom stereocenters. The van der Waals surface area contributed by atoms with Crippen LogP contribution in [-0.4, -0.2) is 12.1 Å². The van der Waals surface area contributed by atoms with Gasteiger partial charge in [-0.05, 0) is 134 Å². The van der Waals surface area contributed by atoms with Gasteiger partial charge in [0.15, 0.2) is 0 Å². The average Bonchev–Trinajstić information content (AvgIpc) is 3.24. The van der Waals surface area contributed by atoms with Crippen molar-refractivity contribution in [3.8, 4) is 0 Å². The van der Waals surface area contributed by atoms with Crippen molar-refractivity contribution in [3.05, 3.63) is 35.9 Å². The second-order valence-corrected chi connectivity index (χ2v) is 16.9. The van der Waals surface area contributed by atoms with Crippen LogP contribution in [-0.2, 0) is 4.74 Å². The zero-order chi connectivity index (χ0) is 28.0. The standard InChI is InChI=1S/C37H56O2/c1-24(2)26-16-19-34(5)22-23-36(7)27(31(26)34)14-15-29-35(6)20-18-30(39-32(38)25-12-10-9-11-13-25)33(3,4)28(35)17-21-37(29,36)8/h9-13,24,26-31H,14-23H2,1-8H3/t26-,27?,28-,29?,30?,31+,34?,35?,36+,37?/m0/s1. The molecular weight excluding hydrogens is 476 g/mol. The zero-order valence-electron chi connectivity index (χ0n) is 26.3. The molecule has 0 N–H and O–H groups in total. The van der Waals surface area contributed by atoms with E-state index < -0.39 is 0 Å². The number of carbonyl (C=O) groups excluding carboxylic acids is 1. The minimum absolute atomic E-state index is 0.000222. The molecule has 1 aromatic rings. The fourth-order valence-electron chi connectivity index (χ4n) is 12.7. The highest BCUT2D eigenvalue weighted by Crippen LogP contribution is 2.77. The SMILES string of the molecule is CC(C)[C@@H]1CCC2(C)CC[C@]3(C)C(CCC4C5(C)CCC(OC(=O)c6ccccc6)C(C)(C)[C@@H]5CCC43C)[C@@H]12. The van der Waals surface area contributed by atoms with E-state index in [4.69, 9.17) is 4.74 Å². The first kappa shape index (κ1) is 27.8. The highest BCUT2D eigenvalue weighted by atomic mass is 16.5. The maximum Gasteiger partial charge on any atom is 0.338 e. The third-order valence-electron chi connectivity index (χ3n) is 15.0. The third kappa shape index (κ3) is 3.81. The first-order chi connectivity index (χ1) is 18.3. The van der Waals surface area contributed by atoms with Crippen LogP contribution in [0.2, 0.25) is 0 Å². The molecule has 0 aliphatic heterocycles. The highest BCUT2D eigenvalue weighted by Gasteiger charge is 2.70. The van der Waals surface area contributed by atoms with Crippen LogP contribution < -0.4 is 0 Å². The smallest absolute Gasteiger partial charge is 0.338 e. The van der Waals surface area contributed by atoms with Crippen molar-refractivity contribution < 1.29 is 9.53 Å². The van der Waals surface area contributed by atoms with Crippen molar-refractivity contribution in [2.24, 2.45) is 62.6 Å². The number of ether oxygens (including phenoxy) is 1. The van der Waals surface area contributed by atoms with E-state index in [0.717, 1.165) is 36.0 Å². The lowest BCUT2D eigenvalue weighted by Crippen LogP contribution is -2.66. The molecule has 5 aliphatic rings. The molecule has 10 atom stereocenters. The minimum Gasteiger partial charge on any atom is -0.458 e. The molecule has 5 aliphatic carbocycles. The molecule has 0 bridgehead atoms. The minimum atomic E-state index is -0.146. The molecule has 0 heterocycles. The van der Waals surface area contributed by atoms with Crippen molar-refractivity contribution in [1.29, 1.82) is 0 Å². The van der Waals surface area contributed by atoms with E-state index in [0.29, 0.717) is 33.1 Å². The Labute approximate surface area is 239 Å². The number of fused-ring (bicyclic) bond motifs is 7. The molecule has 0 saturated heterocycles. The Morgan fingerprint density at radius 3 is 2.18 bits per heavy atom. The molecule has 1 aromatic carbocycles. The quantitative estimate of drug-likeness (QED) is 0.362. The molecule has 39 heavy (non-hydrogen) atoms. The summed E-state index contributed by atoms with van der Waals surface area (Å²) >= 11 is 0. The van der Waals surface area contributed by atoms with E-state index in [9.17, 15) is 4.79 Å². The summed E-state index contributed by atoms with van der Waals surface area (Å²) in [6, 6.07) is 9.60. The maximum absolute atomic E-state index is 13.1. The number of hydrogen-bond donors (Lipinski definition) is 0. The number of hydrogen-bond acceptors (Lipinski definition) is 2. The second-order valence-electron chi connectivity index (χ2n) is 16.9. The lowest BCUT2D eigenvalue weighted by molar-refractivity contribution is -0.247. The van der Waals surface area contributed by atoms with Crippen molar-refractivity contribution >= 4 is 5.97 Å². The molecule has 5 saturated carbocycles. The van der Waals surface area contributed by atoms with Gasteiger partial charge in [-0.25, -0.2) is 4.79 Å². The third-order valence-corrected chi connectivity index (χ3v) is 15.0. The van der Waals surface area contributed by atoms with Crippen molar-refractivity contribution in [2.75, 3.05) is 0 Å². The predicted molar refractivity (Wildman–Crippen MR) is 160 cm³/mol. The van der Waals surface area contributed by atoms with Gasteiger partial charge in [-0.15, -0.1) is 0 Å². The van der Waals surface area contributed by atoms with Gasteiger partial charge in [-0.1, -0.05) is 73.6 Å². The molecule has 2 heteroatoms. The number of carbonyl (C=O) groups is 1. The van der Waals surface area contributed by atoms with Crippen LogP contribution in [0.1, 0.15) is 130 Å². The van der Waals surface area contributed by atoms with Gasteiger partial charge >= 0.3 is 5.97 Å². The molecule has 0 amide bonds. The second kappa shape index (κ2) is 9.09. The van der Waals surface area contributed by atoms with Gasteiger partial charge in [-0.2, -0.15) is 0 Å². The van der Waals surface area contributed by atoms with Crippen molar-refractivity contribution in [3.63, 3.8) is 0 Å². The summed E-state index contributed by atoms with van der Waals surface area (Å²) in [7, 11) is 0. The van der Waals surface area contributed by atoms with Crippen LogP contribution in [0.5, 0.6) is 0 Å². The molecule has 0 spiro atoms. The van der Waals surface area contributed by atoms with Gasteiger partial charge in [-0.3, -0.25) is 0 Å². The molecule has 2 nitrogen and oxygen atoms in total. The van der Waals surface area contributed by atoms with E-state index in [1.807, 2.05) is 30.3 Å². The van der Waals surface area contributed by atoms with Gasteiger partial charge in [0.05, 0.1) is 5.56 Å². The van der Waals surface area contributed by atoms with Crippen LogP contribution in [0, 0.1) is 62.6 Å². The van der Waals surface area contributed by atoms with Crippen molar-refractivity contribution in [1.82, 2.24) is 0 Å². The summed E-state index contributed by atoms with van der Waals surface area (Å²) in [6.45, 7) is 20.7. The summed E-state index contributed by atoms with van der Waals surface area (Å²) in [5.74, 6) is 4.78. The van der Waals surface area contributed by atoms with E-state index in [1.165, 1.54) is 57.8 Å².